The molecule has 0 bridgehead atoms. The molecule has 1 aromatic heterocycles. The van der Waals surface area contributed by atoms with E-state index in [0.29, 0.717) is 11.4 Å². The van der Waals surface area contributed by atoms with Crippen molar-refractivity contribution in [2.24, 2.45) is 0 Å². The van der Waals surface area contributed by atoms with Gasteiger partial charge in [-0.05, 0) is 48.7 Å². The zero-order chi connectivity index (χ0) is 17.9. The van der Waals surface area contributed by atoms with E-state index in [1.807, 2.05) is 49.5 Å². The van der Waals surface area contributed by atoms with Crippen molar-refractivity contribution < 1.29 is 4.79 Å². The molecule has 130 valence electrons. The van der Waals surface area contributed by atoms with Crippen LogP contribution in [0.15, 0.2) is 66.9 Å². The van der Waals surface area contributed by atoms with E-state index in [9.17, 15) is 4.79 Å². The second kappa shape index (κ2) is 7.00. The molecule has 4 rings (SSSR count). The summed E-state index contributed by atoms with van der Waals surface area (Å²) in [5, 5.41) is 2.85. The lowest BCUT2D eigenvalue weighted by molar-refractivity contribution is 0.102. The van der Waals surface area contributed by atoms with E-state index < -0.39 is 0 Å². The monoisotopic (exact) mass is 343 g/mol. The molecule has 4 nitrogen and oxygen atoms in total. The van der Waals surface area contributed by atoms with Crippen LogP contribution < -0.4 is 10.2 Å². The number of fused-ring (bicyclic) bond motifs is 1. The second-order valence-electron chi connectivity index (χ2n) is 6.66. The fourth-order valence-corrected chi connectivity index (χ4v) is 3.26. The maximum absolute atomic E-state index is 12.3. The smallest absolute Gasteiger partial charge is 0.256 e. The summed E-state index contributed by atoms with van der Waals surface area (Å²) in [6, 6.07) is 20.0. The Hall–Kier alpha value is -3.14. The predicted octanol–water partition coefficient (Wildman–Crippen LogP) is 4.21. The topological polar surface area (TPSA) is 45.2 Å². The van der Waals surface area contributed by atoms with Crippen molar-refractivity contribution in [2.45, 2.75) is 19.9 Å². The molecule has 0 atom stereocenters. The molecule has 0 unspecified atom stereocenters. The van der Waals surface area contributed by atoms with Gasteiger partial charge >= 0.3 is 0 Å². The van der Waals surface area contributed by atoms with Crippen LogP contribution in [0, 0.1) is 6.92 Å². The van der Waals surface area contributed by atoms with Crippen LogP contribution in [0.1, 0.15) is 27.0 Å². The SMILES string of the molecule is Cc1ccc(C(=O)Nc2ccc(N3CCc4ccccc4C3)cn2)cc1. The maximum atomic E-state index is 12.3. The number of nitrogens with zero attached hydrogens (tertiary/aromatic N) is 2. The first-order chi connectivity index (χ1) is 12.7. The third-order valence-electron chi connectivity index (χ3n) is 4.80. The largest absolute Gasteiger partial charge is 0.366 e. The van der Waals surface area contributed by atoms with Crippen LogP contribution in [-0.4, -0.2) is 17.4 Å². The normalized spacial score (nSPS) is 13.2. The molecule has 26 heavy (non-hydrogen) atoms. The molecule has 0 spiro atoms. The summed E-state index contributed by atoms with van der Waals surface area (Å²) in [7, 11) is 0. The Labute approximate surface area is 153 Å². The van der Waals surface area contributed by atoms with Crippen molar-refractivity contribution in [1.29, 1.82) is 0 Å². The van der Waals surface area contributed by atoms with E-state index in [4.69, 9.17) is 0 Å². The van der Waals surface area contributed by atoms with Crippen molar-refractivity contribution in [3.05, 3.63) is 89.1 Å². The molecule has 0 radical (unpaired) electrons. The third kappa shape index (κ3) is 3.45. The van der Waals surface area contributed by atoms with Crippen LogP contribution in [0.5, 0.6) is 0 Å². The molecular weight excluding hydrogens is 322 g/mol. The van der Waals surface area contributed by atoms with Crippen LogP contribution in [-0.2, 0) is 13.0 Å². The number of rotatable bonds is 3. The Morgan fingerprint density at radius 3 is 2.50 bits per heavy atom. The number of pyridine rings is 1. The van der Waals surface area contributed by atoms with Gasteiger partial charge < -0.3 is 10.2 Å². The van der Waals surface area contributed by atoms with Gasteiger partial charge in [0.25, 0.3) is 5.91 Å². The van der Waals surface area contributed by atoms with E-state index in [0.717, 1.165) is 30.8 Å². The number of carbonyl (C=O) groups excluding carboxylic acids is 1. The average Bonchev–Trinajstić information content (AvgIpc) is 2.68. The van der Waals surface area contributed by atoms with Gasteiger partial charge in [0.2, 0.25) is 0 Å². The number of benzene rings is 2. The van der Waals surface area contributed by atoms with Gasteiger partial charge in [0.05, 0.1) is 11.9 Å². The molecule has 2 heterocycles. The summed E-state index contributed by atoms with van der Waals surface area (Å²) >= 11 is 0. The Morgan fingerprint density at radius 2 is 1.77 bits per heavy atom. The lowest BCUT2D eigenvalue weighted by Gasteiger charge is -2.30. The number of aromatic nitrogens is 1. The van der Waals surface area contributed by atoms with E-state index in [-0.39, 0.29) is 5.91 Å². The number of carbonyl (C=O) groups is 1. The molecule has 0 saturated heterocycles. The van der Waals surface area contributed by atoms with Crippen LogP contribution in [0.25, 0.3) is 0 Å². The number of amides is 1. The number of aryl methyl sites for hydroxylation is 1. The summed E-state index contributed by atoms with van der Waals surface area (Å²) in [4.78, 5) is 19.0. The van der Waals surface area contributed by atoms with E-state index >= 15 is 0 Å². The van der Waals surface area contributed by atoms with Crippen LogP contribution >= 0.6 is 0 Å². The average molecular weight is 343 g/mol. The first kappa shape index (κ1) is 16.3. The fourth-order valence-electron chi connectivity index (χ4n) is 3.26. The molecular formula is C22H21N3O. The quantitative estimate of drug-likeness (QED) is 0.775. The summed E-state index contributed by atoms with van der Waals surface area (Å²) in [6.45, 7) is 3.88. The minimum absolute atomic E-state index is 0.142. The highest BCUT2D eigenvalue weighted by Crippen LogP contribution is 2.24. The first-order valence-electron chi connectivity index (χ1n) is 8.85. The highest BCUT2D eigenvalue weighted by Gasteiger charge is 2.16. The van der Waals surface area contributed by atoms with Crippen LogP contribution in [0.4, 0.5) is 11.5 Å². The van der Waals surface area contributed by atoms with Gasteiger partial charge in [-0.2, -0.15) is 0 Å². The lowest BCUT2D eigenvalue weighted by Crippen LogP contribution is -2.30. The molecule has 4 heteroatoms. The Kier molecular flexibility index (Phi) is 4.40. The van der Waals surface area contributed by atoms with E-state index in [1.54, 1.807) is 0 Å². The molecule has 1 N–H and O–H groups in total. The molecule has 3 aromatic rings. The molecule has 0 saturated carbocycles. The summed E-state index contributed by atoms with van der Waals surface area (Å²) in [6.07, 6.45) is 2.88. The van der Waals surface area contributed by atoms with Gasteiger partial charge in [0.1, 0.15) is 5.82 Å². The fraction of sp³-hybridized carbons (Fsp3) is 0.182. The second-order valence-corrected chi connectivity index (χ2v) is 6.66. The van der Waals surface area contributed by atoms with Gasteiger partial charge in [0.15, 0.2) is 0 Å². The van der Waals surface area contributed by atoms with Gasteiger partial charge in [-0.3, -0.25) is 4.79 Å². The van der Waals surface area contributed by atoms with Crippen molar-refractivity contribution in [2.75, 3.05) is 16.8 Å². The van der Waals surface area contributed by atoms with E-state index in [2.05, 4.69) is 39.5 Å². The summed E-state index contributed by atoms with van der Waals surface area (Å²) in [5.74, 6) is 0.425. The number of anilines is 2. The van der Waals surface area contributed by atoms with Crippen molar-refractivity contribution in [3.8, 4) is 0 Å². The van der Waals surface area contributed by atoms with E-state index in [1.165, 1.54) is 11.1 Å². The van der Waals surface area contributed by atoms with Gasteiger partial charge in [-0.1, -0.05) is 42.0 Å². The highest BCUT2D eigenvalue weighted by molar-refractivity contribution is 6.03. The van der Waals surface area contributed by atoms with Crippen LogP contribution in [0.3, 0.4) is 0 Å². The standard InChI is InChI=1S/C22H21N3O/c1-16-6-8-18(9-7-16)22(26)24-21-11-10-20(14-23-21)25-13-12-17-4-2-3-5-19(17)15-25/h2-11,14H,12-13,15H2,1H3,(H,23,24,26). The number of nitrogens with one attached hydrogen (secondary N) is 1. The predicted molar refractivity (Wildman–Crippen MR) is 105 cm³/mol. The molecule has 1 aliphatic rings. The molecule has 0 aliphatic carbocycles. The Bertz CT molecular complexity index is 917. The minimum Gasteiger partial charge on any atom is -0.366 e. The zero-order valence-electron chi connectivity index (χ0n) is 14.8. The summed E-state index contributed by atoms with van der Waals surface area (Å²) in [5.41, 5.74) is 5.64. The molecule has 2 aromatic carbocycles. The van der Waals surface area contributed by atoms with Gasteiger partial charge in [0, 0.05) is 18.7 Å². The first-order valence-corrected chi connectivity index (χ1v) is 8.85. The Balaban J connectivity index is 1.44. The van der Waals surface area contributed by atoms with Gasteiger partial charge in [-0.15, -0.1) is 0 Å². The molecule has 1 amide bonds. The van der Waals surface area contributed by atoms with Crippen LogP contribution in [0.2, 0.25) is 0 Å². The minimum atomic E-state index is -0.142. The number of hydrogen-bond acceptors (Lipinski definition) is 3. The summed E-state index contributed by atoms with van der Waals surface area (Å²) < 4.78 is 0. The lowest BCUT2D eigenvalue weighted by atomic mass is 10.00. The van der Waals surface area contributed by atoms with Gasteiger partial charge in [-0.25, -0.2) is 4.98 Å². The van der Waals surface area contributed by atoms with Crippen molar-refractivity contribution in [1.82, 2.24) is 4.98 Å². The van der Waals surface area contributed by atoms with Crippen molar-refractivity contribution >= 4 is 17.4 Å². The molecule has 0 fully saturated rings. The number of hydrogen-bond donors (Lipinski definition) is 1. The van der Waals surface area contributed by atoms with Crippen molar-refractivity contribution in [3.63, 3.8) is 0 Å². The third-order valence-corrected chi connectivity index (χ3v) is 4.80. The highest BCUT2D eigenvalue weighted by atomic mass is 16.1. The maximum Gasteiger partial charge on any atom is 0.256 e. The molecule has 1 aliphatic heterocycles. The zero-order valence-corrected chi connectivity index (χ0v) is 14.8. The Morgan fingerprint density at radius 1 is 1.00 bits per heavy atom.